The fourth-order valence-corrected chi connectivity index (χ4v) is 4.08. The highest BCUT2D eigenvalue weighted by Crippen LogP contribution is 2.30. The Morgan fingerprint density at radius 2 is 1.73 bits per heavy atom. The van der Waals surface area contributed by atoms with Crippen molar-refractivity contribution in [1.29, 1.82) is 0 Å². The maximum absolute atomic E-state index is 11.9. The molecule has 0 saturated carbocycles. The molecule has 0 spiro atoms. The monoisotopic (exact) mass is 408 g/mol. The minimum absolute atomic E-state index is 0.00946. The van der Waals surface area contributed by atoms with E-state index in [2.05, 4.69) is 64.9 Å². The zero-order valence-corrected chi connectivity index (χ0v) is 17.7. The normalized spacial score (nSPS) is 14.4. The molecule has 1 aliphatic rings. The number of rotatable bonds is 8. The van der Waals surface area contributed by atoms with Crippen LogP contribution in [0, 0.1) is 0 Å². The number of hydrazine groups is 1. The number of nitrogens with two attached hydrogens (primary N) is 1. The van der Waals surface area contributed by atoms with E-state index in [1.165, 1.54) is 24.1 Å². The zero-order valence-electron chi connectivity index (χ0n) is 17.7. The number of benzene rings is 2. The van der Waals surface area contributed by atoms with Gasteiger partial charge in [0.15, 0.2) is 0 Å². The Bertz CT molecular complexity index is 815. The van der Waals surface area contributed by atoms with Gasteiger partial charge in [0.05, 0.1) is 0 Å². The lowest BCUT2D eigenvalue weighted by atomic mass is 9.89. The van der Waals surface area contributed by atoms with Gasteiger partial charge in [-0.1, -0.05) is 42.5 Å². The average Bonchev–Trinajstić information content (AvgIpc) is 2.79. The Labute approximate surface area is 179 Å². The molecule has 160 valence electrons. The summed E-state index contributed by atoms with van der Waals surface area (Å²) in [6.07, 6.45) is 3.25. The Morgan fingerprint density at radius 1 is 1.07 bits per heavy atom. The minimum Gasteiger partial charge on any atom is -0.371 e. The average molecular weight is 409 g/mol. The van der Waals surface area contributed by atoms with Crippen LogP contribution in [0.5, 0.6) is 0 Å². The highest BCUT2D eigenvalue weighted by molar-refractivity contribution is 5.75. The minimum atomic E-state index is -0.209. The number of carbonyl (C=O) groups is 2. The van der Waals surface area contributed by atoms with Crippen LogP contribution in [0.4, 0.5) is 5.69 Å². The molecule has 3 rings (SSSR count). The van der Waals surface area contributed by atoms with Crippen LogP contribution < -0.4 is 16.2 Å². The van der Waals surface area contributed by atoms with Gasteiger partial charge in [0.25, 0.3) is 0 Å². The lowest BCUT2D eigenvalue weighted by Gasteiger charge is -2.34. The van der Waals surface area contributed by atoms with Gasteiger partial charge in [-0.25, -0.2) is 5.84 Å². The fourth-order valence-electron chi connectivity index (χ4n) is 4.08. The van der Waals surface area contributed by atoms with Gasteiger partial charge in [-0.05, 0) is 48.4 Å². The molecule has 0 aliphatic carbocycles. The van der Waals surface area contributed by atoms with E-state index in [0.717, 1.165) is 18.7 Å². The van der Waals surface area contributed by atoms with E-state index >= 15 is 0 Å². The summed E-state index contributed by atoms with van der Waals surface area (Å²) in [5.74, 6) is 5.55. The number of hydrogen-bond acceptors (Lipinski definition) is 4. The summed E-state index contributed by atoms with van der Waals surface area (Å²) in [6.45, 7) is 4.77. The molecule has 0 bridgehead atoms. The number of nitrogens with one attached hydrogen (secondary N) is 1. The van der Waals surface area contributed by atoms with Crippen LogP contribution in [0.25, 0.3) is 0 Å². The van der Waals surface area contributed by atoms with Gasteiger partial charge < -0.3 is 9.80 Å². The second-order valence-electron chi connectivity index (χ2n) is 7.95. The van der Waals surface area contributed by atoms with Crippen LogP contribution >= 0.6 is 0 Å². The lowest BCUT2D eigenvalue weighted by molar-refractivity contribution is -0.130. The third kappa shape index (κ3) is 6.07. The number of nitrogens with zero attached hydrogens (tertiary/aromatic N) is 2. The first-order chi connectivity index (χ1) is 14.6. The molecule has 6 heteroatoms. The molecule has 2 amide bonds. The number of hydrogen-bond donors (Lipinski definition) is 2. The molecular weight excluding hydrogens is 376 g/mol. The lowest BCUT2D eigenvalue weighted by Crippen LogP contribution is -2.33. The Balaban J connectivity index is 1.51. The third-order valence-electron chi connectivity index (χ3n) is 5.88. The molecule has 0 atom stereocenters. The van der Waals surface area contributed by atoms with Crippen LogP contribution in [-0.2, 0) is 16.1 Å². The van der Waals surface area contributed by atoms with E-state index in [1.54, 1.807) is 11.8 Å². The van der Waals surface area contributed by atoms with E-state index < -0.39 is 0 Å². The first-order valence-corrected chi connectivity index (χ1v) is 10.7. The molecule has 1 saturated heterocycles. The molecule has 2 aromatic carbocycles. The molecule has 1 heterocycles. The van der Waals surface area contributed by atoms with Crippen molar-refractivity contribution in [2.24, 2.45) is 5.84 Å². The maximum atomic E-state index is 11.9. The maximum Gasteiger partial charge on any atom is 0.233 e. The van der Waals surface area contributed by atoms with Crippen molar-refractivity contribution >= 4 is 17.5 Å². The molecule has 2 aromatic rings. The van der Waals surface area contributed by atoms with Crippen molar-refractivity contribution < 1.29 is 9.59 Å². The molecule has 1 fully saturated rings. The van der Waals surface area contributed by atoms with E-state index in [4.69, 9.17) is 5.84 Å². The van der Waals surface area contributed by atoms with Crippen molar-refractivity contribution in [3.05, 3.63) is 65.7 Å². The van der Waals surface area contributed by atoms with Crippen LogP contribution in [-0.4, -0.2) is 36.3 Å². The fraction of sp³-hybridized carbons (Fsp3) is 0.417. The quantitative estimate of drug-likeness (QED) is 0.399. The van der Waals surface area contributed by atoms with Gasteiger partial charge in [-0.2, -0.15) is 0 Å². The number of amides is 2. The van der Waals surface area contributed by atoms with Gasteiger partial charge in [-0.3, -0.25) is 15.0 Å². The molecular formula is C24H32N4O2. The standard InChI is InChI=1S/C24H32N4O2/c1-19(29)28(15-5-8-24(30)26-25)18-20-9-11-23(12-10-20)27-16-13-22(14-17-27)21-6-3-2-4-7-21/h2-4,6-7,9-12,22H,5,8,13-18,25H2,1H3,(H,26,30). The third-order valence-corrected chi connectivity index (χ3v) is 5.88. The number of anilines is 1. The summed E-state index contributed by atoms with van der Waals surface area (Å²) in [5.41, 5.74) is 5.89. The Morgan fingerprint density at radius 3 is 2.33 bits per heavy atom. The summed E-state index contributed by atoms with van der Waals surface area (Å²) < 4.78 is 0. The molecule has 30 heavy (non-hydrogen) atoms. The number of piperidine rings is 1. The summed E-state index contributed by atoms with van der Waals surface area (Å²) in [6, 6.07) is 19.3. The van der Waals surface area contributed by atoms with Gasteiger partial charge >= 0.3 is 0 Å². The second kappa shape index (κ2) is 10.8. The molecule has 1 aliphatic heterocycles. The van der Waals surface area contributed by atoms with Crippen LogP contribution in [0.15, 0.2) is 54.6 Å². The molecule has 3 N–H and O–H groups in total. The van der Waals surface area contributed by atoms with E-state index in [0.29, 0.717) is 31.8 Å². The molecule has 0 radical (unpaired) electrons. The van der Waals surface area contributed by atoms with Gasteiger partial charge in [0, 0.05) is 45.2 Å². The first-order valence-electron chi connectivity index (χ1n) is 10.7. The Kier molecular flexibility index (Phi) is 7.85. The molecule has 0 unspecified atom stereocenters. The largest absolute Gasteiger partial charge is 0.371 e. The predicted molar refractivity (Wildman–Crippen MR) is 120 cm³/mol. The topological polar surface area (TPSA) is 78.7 Å². The summed E-state index contributed by atoms with van der Waals surface area (Å²) >= 11 is 0. The van der Waals surface area contributed by atoms with E-state index in [9.17, 15) is 9.59 Å². The smallest absolute Gasteiger partial charge is 0.233 e. The van der Waals surface area contributed by atoms with Crippen molar-refractivity contribution in [2.75, 3.05) is 24.5 Å². The van der Waals surface area contributed by atoms with Crippen LogP contribution in [0.1, 0.15) is 49.7 Å². The summed E-state index contributed by atoms with van der Waals surface area (Å²) in [7, 11) is 0. The van der Waals surface area contributed by atoms with Crippen molar-refractivity contribution in [3.8, 4) is 0 Å². The van der Waals surface area contributed by atoms with Gasteiger partial charge in [0.1, 0.15) is 0 Å². The van der Waals surface area contributed by atoms with Crippen molar-refractivity contribution in [2.45, 2.75) is 45.1 Å². The van der Waals surface area contributed by atoms with E-state index in [1.807, 2.05) is 0 Å². The zero-order chi connectivity index (χ0) is 21.3. The van der Waals surface area contributed by atoms with E-state index in [-0.39, 0.29) is 11.8 Å². The summed E-state index contributed by atoms with van der Waals surface area (Å²) in [5, 5.41) is 0. The first kappa shape index (κ1) is 21.8. The second-order valence-corrected chi connectivity index (χ2v) is 7.95. The summed E-state index contributed by atoms with van der Waals surface area (Å²) in [4.78, 5) is 27.4. The molecule has 0 aromatic heterocycles. The molecule has 6 nitrogen and oxygen atoms in total. The number of carbonyl (C=O) groups excluding carboxylic acids is 2. The van der Waals surface area contributed by atoms with Crippen LogP contribution in [0.2, 0.25) is 0 Å². The highest BCUT2D eigenvalue weighted by Gasteiger charge is 2.20. The van der Waals surface area contributed by atoms with Crippen molar-refractivity contribution in [3.63, 3.8) is 0 Å². The van der Waals surface area contributed by atoms with Crippen molar-refractivity contribution in [1.82, 2.24) is 10.3 Å². The predicted octanol–water partition coefficient (Wildman–Crippen LogP) is 3.19. The highest BCUT2D eigenvalue weighted by atomic mass is 16.2. The van der Waals surface area contributed by atoms with Gasteiger partial charge in [-0.15, -0.1) is 0 Å². The SMILES string of the molecule is CC(=O)N(CCCC(=O)NN)Cc1ccc(N2CCC(c3ccccc3)CC2)cc1. The van der Waals surface area contributed by atoms with Gasteiger partial charge in [0.2, 0.25) is 11.8 Å². The van der Waals surface area contributed by atoms with Crippen LogP contribution in [0.3, 0.4) is 0 Å². The Hall–Kier alpha value is -2.86.